The van der Waals surface area contributed by atoms with Crippen LogP contribution in [-0.2, 0) is 14.3 Å². The van der Waals surface area contributed by atoms with Gasteiger partial charge in [0.25, 0.3) is 5.91 Å². The van der Waals surface area contributed by atoms with Crippen LogP contribution >= 0.6 is 0 Å². The summed E-state index contributed by atoms with van der Waals surface area (Å²) in [4.78, 5) is 34.1. The van der Waals surface area contributed by atoms with E-state index in [1.54, 1.807) is 5.32 Å². The summed E-state index contributed by atoms with van der Waals surface area (Å²) >= 11 is 0. The Balaban J connectivity index is 1.69. The Bertz CT molecular complexity index is 931. The average molecular weight is 422 g/mol. The van der Waals surface area contributed by atoms with Crippen LogP contribution in [0.2, 0.25) is 0 Å². The predicted octanol–water partition coefficient (Wildman–Crippen LogP) is 2.66. The third kappa shape index (κ3) is 4.53. The largest absolute Gasteiger partial charge is 0.480 e. The standard InChI is InChI=1S/C20H17F3N2O5/c21-20(22,23)17(18(28)24-9-16(26)27)25-19(29)30-10-15-13-7-3-1-5-11(13)12-6-2-4-8-14(12)15/h1-8,15,17H,9-10H2,(H,24,28)(H,25,29)(H,26,27). The van der Waals surface area contributed by atoms with Gasteiger partial charge in [-0.15, -0.1) is 0 Å². The van der Waals surface area contributed by atoms with Crippen LogP contribution < -0.4 is 10.6 Å². The van der Waals surface area contributed by atoms with Gasteiger partial charge in [0.2, 0.25) is 6.04 Å². The zero-order valence-electron chi connectivity index (χ0n) is 15.4. The summed E-state index contributed by atoms with van der Waals surface area (Å²) in [7, 11) is 0. The number of carboxylic acid groups (broad SMARTS) is 1. The molecule has 0 aliphatic heterocycles. The monoisotopic (exact) mass is 422 g/mol. The molecule has 0 bridgehead atoms. The highest BCUT2D eigenvalue weighted by atomic mass is 19.4. The summed E-state index contributed by atoms with van der Waals surface area (Å²) in [5, 5.41) is 11.5. The molecule has 2 aromatic rings. The van der Waals surface area contributed by atoms with Crippen LogP contribution in [0.15, 0.2) is 48.5 Å². The summed E-state index contributed by atoms with van der Waals surface area (Å²) < 4.78 is 44.3. The number of alkyl carbamates (subject to hydrolysis) is 1. The van der Waals surface area contributed by atoms with E-state index in [1.165, 1.54) is 5.32 Å². The summed E-state index contributed by atoms with van der Waals surface area (Å²) in [6.45, 7) is -1.25. The molecule has 0 saturated carbocycles. The lowest BCUT2D eigenvalue weighted by molar-refractivity contribution is -0.168. The summed E-state index contributed by atoms with van der Waals surface area (Å²) in [6.07, 6.45) is -6.57. The maximum absolute atomic E-state index is 13.1. The average Bonchev–Trinajstić information content (AvgIpc) is 3.01. The number of aliphatic carboxylic acids is 1. The third-order valence-electron chi connectivity index (χ3n) is 4.61. The molecule has 0 spiro atoms. The van der Waals surface area contributed by atoms with Crippen LogP contribution in [-0.4, -0.2) is 48.4 Å². The van der Waals surface area contributed by atoms with Crippen molar-refractivity contribution in [2.24, 2.45) is 0 Å². The predicted molar refractivity (Wildman–Crippen MR) is 98.7 cm³/mol. The minimum absolute atomic E-state index is 0.235. The van der Waals surface area contributed by atoms with Crippen LogP contribution in [0.25, 0.3) is 11.1 Å². The molecule has 7 nitrogen and oxygen atoms in total. The van der Waals surface area contributed by atoms with Crippen molar-refractivity contribution >= 4 is 18.0 Å². The molecule has 0 aromatic heterocycles. The first-order valence-electron chi connectivity index (χ1n) is 8.86. The zero-order chi connectivity index (χ0) is 21.9. The van der Waals surface area contributed by atoms with Gasteiger partial charge in [-0.3, -0.25) is 9.59 Å². The Hall–Kier alpha value is -3.56. The number of carboxylic acids is 1. The smallest absolute Gasteiger partial charge is 0.417 e. The number of fused-ring (bicyclic) bond motifs is 3. The van der Waals surface area contributed by atoms with Crippen molar-refractivity contribution in [1.29, 1.82) is 0 Å². The number of carbonyl (C=O) groups is 3. The number of ether oxygens (including phenoxy) is 1. The van der Waals surface area contributed by atoms with E-state index < -0.39 is 36.7 Å². The molecule has 0 heterocycles. The van der Waals surface area contributed by atoms with E-state index in [-0.39, 0.29) is 12.5 Å². The number of nitrogens with one attached hydrogen (secondary N) is 2. The highest BCUT2D eigenvalue weighted by Crippen LogP contribution is 2.44. The van der Waals surface area contributed by atoms with Gasteiger partial charge < -0.3 is 20.5 Å². The van der Waals surface area contributed by atoms with Gasteiger partial charge in [-0.2, -0.15) is 13.2 Å². The fourth-order valence-electron chi connectivity index (χ4n) is 3.32. The minimum atomic E-state index is -5.13. The van der Waals surface area contributed by atoms with Gasteiger partial charge in [0.05, 0.1) is 0 Å². The summed E-state index contributed by atoms with van der Waals surface area (Å²) in [6, 6.07) is 11.9. The molecule has 0 saturated heterocycles. The van der Waals surface area contributed by atoms with Crippen LogP contribution in [0.1, 0.15) is 17.0 Å². The Morgan fingerprint density at radius 2 is 1.53 bits per heavy atom. The van der Waals surface area contributed by atoms with Gasteiger partial charge >= 0.3 is 18.2 Å². The van der Waals surface area contributed by atoms with Crippen molar-refractivity contribution in [2.75, 3.05) is 13.2 Å². The topological polar surface area (TPSA) is 105 Å². The number of hydrogen-bond acceptors (Lipinski definition) is 4. The number of rotatable bonds is 6. The van der Waals surface area contributed by atoms with Crippen molar-refractivity contribution in [1.82, 2.24) is 10.6 Å². The first kappa shape index (κ1) is 21.2. The van der Waals surface area contributed by atoms with E-state index in [1.807, 2.05) is 48.5 Å². The molecule has 1 aliphatic carbocycles. The minimum Gasteiger partial charge on any atom is -0.480 e. The normalized spacial score (nSPS) is 13.7. The molecule has 3 rings (SSSR count). The second kappa shape index (κ2) is 8.44. The number of alkyl halides is 3. The molecule has 3 N–H and O–H groups in total. The molecule has 0 radical (unpaired) electrons. The van der Waals surface area contributed by atoms with Crippen molar-refractivity contribution in [2.45, 2.75) is 18.1 Å². The number of amides is 2. The van der Waals surface area contributed by atoms with E-state index in [0.29, 0.717) is 0 Å². The molecule has 30 heavy (non-hydrogen) atoms. The maximum Gasteiger partial charge on any atom is 0.417 e. The lowest BCUT2D eigenvalue weighted by Gasteiger charge is -2.21. The highest BCUT2D eigenvalue weighted by Gasteiger charge is 2.46. The van der Waals surface area contributed by atoms with Gasteiger partial charge in [-0.1, -0.05) is 48.5 Å². The second-order valence-electron chi connectivity index (χ2n) is 6.56. The van der Waals surface area contributed by atoms with E-state index >= 15 is 0 Å². The molecule has 1 atom stereocenters. The van der Waals surface area contributed by atoms with Crippen LogP contribution in [0.5, 0.6) is 0 Å². The lowest BCUT2D eigenvalue weighted by atomic mass is 9.98. The Labute approximate surface area is 168 Å². The van der Waals surface area contributed by atoms with Gasteiger partial charge in [-0.25, -0.2) is 4.79 Å². The quantitative estimate of drug-likeness (QED) is 0.664. The Kier molecular flexibility index (Phi) is 5.95. The molecule has 1 aliphatic rings. The van der Waals surface area contributed by atoms with Crippen molar-refractivity contribution < 1.29 is 37.4 Å². The van der Waals surface area contributed by atoms with Gasteiger partial charge in [0, 0.05) is 5.92 Å². The highest BCUT2D eigenvalue weighted by molar-refractivity contribution is 5.88. The van der Waals surface area contributed by atoms with E-state index in [9.17, 15) is 27.6 Å². The lowest BCUT2D eigenvalue weighted by Crippen LogP contribution is -2.55. The molecular weight excluding hydrogens is 405 g/mol. The van der Waals surface area contributed by atoms with Gasteiger partial charge in [0.1, 0.15) is 13.2 Å². The maximum atomic E-state index is 13.1. The summed E-state index contributed by atoms with van der Waals surface area (Å²) in [5.74, 6) is -3.59. The van der Waals surface area contributed by atoms with Gasteiger partial charge in [-0.05, 0) is 22.3 Å². The molecule has 1 unspecified atom stereocenters. The van der Waals surface area contributed by atoms with Crippen LogP contribution in [0, 0.1) is 0 Å². The van der Waals surface area contributed by atoms with Crippen LogP contribution in [0.4, 0.5) is 18.0 Å². The molecule has 158 valence electrons. The second-order valence-corrected chi connectivity index (χ2v) is 6.56. The van der Waals surface area contributed by atoms with E-state index in [4.69, 9.17) is 9.84 Å². The third-order valence-corrected chi connectivity index (χ3v) is 4.61. The molecule has 0 fully saturated rings. The van der Waals surface area contributed by atoms with Gasteiger partial charge in [0.15, 0.2) is 0 Å². The zero-order valence-corrected chi connectivity index (χ0v) is 15.4. The van der Waals surface area contributed by atoms with E-state index in [2.05, 4.69) is 0 Å². The fraction of sp³-hybridized carbons (Fsp3) is 0.250. The SMILES string of the molecule is O=C(O)CNC(=O)C(NC(=O)OCC1c2ccccc2-c2ccccc21)C(F)(F)F. The van der Waals surface area contributed by atoms with Crippen molar-refractivity contribution in [3.8, 4) is 11.1 Å². The van der Waals surface area contributed by atoms with Crippen molar-refractivity contribution in [3.05, 3.63) is 59.7 Å². The molecule has 2 aromatic carbocycles. The number of carbonyl (C=O) groups excluding carboxylic acids is 2. The number of hydrogen-bond donors (Lipinski definition) is 3. The number of halogens is 3. The summed E-state index contributed by atoms with van der Waals surface area (Å²) in [5.41, 5.74) is 3.64. The molecule has 10 heteroatoms. The fourth-order valence-corrected chi connectivity index (χ4v) is 3.32. The number of benzene rings is 2. The van der Waals surface area contributed by atoms with Crippen LogP contribution in [0.3, 0.4) is 0 Å². The Morgan fingerprint density at radius 1 is 1.00 bits per heavy atom. The van der Waals surface area contributed by atoms with Crippen molar-refractivity contribution in [3.63, 3.8) is 0 Å². The van der Waals surface area contributed by atoms with E-state index in [0.717, 1.165) is 22.3 Å². The first-order valence-corrected chi connectivity index (χ1v) is 8.86. The Morgan fingerprint density at radius 3 is 2.03 bits per heavy atom. The molecule has 2 amide bonds. The molecular formula is C20H17F3N2O5. The first-order chi connectivity index (χ1) is 14.2.